The normalized spacial score (nSPS) is 26.9. The van der Waals surface area contributed by atoms with Crippen molar-refractivity contribution < 1.29 is 14.3 Å². The summed E-state index contributed by atoms with van der Waals surface area (Å²) in [5.41, 5.74) is 7.16. The van der Waals surface area contributed by atoms with E-state index in [0.29, 0.717) is 26.1 Å². The number of nitrogens with zero attached hydrogens (tertiary/aromatic N) is 1. The minimum atomic E-state index is -0.252. The van der Waals surface area contributed by atoms with Crippen LogP contribution < -0.4 is 5.73 Å². The van der Waals surface area contributed by atoms with Crippen LogP contribution in [0.1, 0.15) is 30.9 Å². The van der Waals surface area contributed by atoms with E-state index in [0.717, 1.165) is 25.0 Å². The SMILES string of the molecule is N[C@H](CC(=O)N1CCO[C@H]([C@H]2CCCO2)C1)c1ccccc1. The van der Waals surface area contributed by atoms with Gasteiger partial charge in [-0.15, -0.1) is 0 Å². The molecule has 0 spiro atoms. The maximum Gasteiger partial charge on any atom is 0.224 e. The lowest BCUT2D eigenvalue weighted by Gasteiger charge is -2.35. The first-order valence-electron chi connectivity index (χ1n) is 8.05. The third-order valence-corrected chi connectivity index (χ3v) is 4.45. The highest BCUT2D eigenvalue weighted by molar-refractivity contribution is 5.77. The van der Waals surface area contributed by atoms with Gasteiger partial charge in [-0.1, -0.05) is 30.3 Å². The maximum absolute atomic E-state index is 12.5. The molecule has 5 heteroatoms. The summed E-state index contributed by atoms with van der Waals surface area (Å²) in [6.45, 7) is 2.64. The zero-order valence-corrected chi connectivity index (χ0v) is 12.8. The number of amides is 1. The Bertz CT molecular complexity index is 488. The minimum Gasteiger partial charge on any atom is -0.375 e. The Labute approximate surface area is 131 Å². The Morgan fingerprint density at radius 3 is 2.73 bits per heavy atom. The molecule has 0 radical (unpaired) electrons. The molecule has 22 heavy (non-hydrogen) atoms. The first-order valence-corrected chi connectivity index (χ1v) is 8.05. The molecule has 0 unspecified atom stereocenters. The monoisotopic (exact) mass is 304 g/mol. The molecule has 0 bridgehead atoms. The van der Waals surface area contributed by atoms with Gasteiger partial charge < -0.3 is 20.1 Å². The van der Waals surface area contributed by atoms with Crippen LogP contribution in [0.2, 0.25) is 0 Å². The summed E-state index contributed by atoms with van der Waals surface area (Å²) in [7, 11) is 0. The van der Waals surface area contributed by atoms with E-state index in [2.05, 4.69) is 0 Å². The first kappa shape index (κ1) is 15.5. The summed E-state index contributed by atoms with van der Waals surface area (Å²) in [5, 5.41) is 0. The molecular formula is C17H24N2O3. The van der Waals surface area contributed by atoms with Crippen LogP contribution in [0, 0.1) is 0 Å². The number of ether oxygens (including phenoxy) is 2. The van der Waals surface area contributed by atoms with Crippen molar-refractivity contribution in [2.75, 3.05) is 26.3 Å². The highest BCUT2D eigenvalue weighted by Gasteiger charge is 2.33. The lowest BCUT2D eigenvalue weighted by molar-refractivity contribution is -0.145. The number of carbonyl (C=O) groups is 1. The van der Waals surface area contributed by atoms with Crippen LogP contribution in [0.5, 0.6) is 0 Å². The van der Waals surface area contributed by atoms with E-state index in [1.165, 1.54) is 0 Å². The topological polar surface area (TPSA) is 64.8 Å². The molecule has 0 aromatic heterocycles. The molecule has 2 N–H and O–H groups in total. The van der Waals surface area contributed by atoms with E-state index < -0.39 is 0 Å². The second kappa shape index (κ2) is 7.22. The number of rotatable bonds is 4. The fraction of sp³-hybridized carbons (Fsp3) is 0.588. The summed E-state index contributed by atoms with van der Waals surface area (Å²) in [5.74, 6) is 0.0997. The molecule has 5 nitrogen and oxygen atoms in total. The summed E-state index contributed by atoms with van der Waals surface area (Å²) in [6, 6.07) is 9.52. The molecule has 1 aromatic rings. The molecule has 1 amide bonds. The lowest BCUT2D eigenvalue weighted by atomic mass is 10.0. The van der Waals surface area contributed by atoms with Crippen molar-refractivity contribution in [1.29, 1.82) is 0 Å². The van der Waals surface area contributed by atoms with Gasteiger partial charge in [0, 0.05) is 32.2 Å². The molecule has 0 aliphatic carbocycles. The Balaban J connectivity index is 1.55. The Morgan fingerprint density at radius 2 is 2.00 bits per heavy atom. The van der Waals surface area contributed by atoms with E-state index in [1.807, 2.05) is 35.2 Å². The van der Waals surface area contributed by atoms with Gasteiger partial charge in [0.25, 0.3) is 0 Å². The molecule has 2 heterocycles. The quantitative estimate of drug-likeness (QED) is 0.915. The predicted molar refractivity (Wildman–Crippen MR) is 83.3 cm³/mol. The van der Waals surface area contributed by atoms with Crippen molar-refractivity contribution >= 4 is 5.91 Å². The summed E-state index contributed by atoms with van der Waals surface area (Å²) >= 11 is 0. The van der Waals surface area contributed by atoms with Gasteiger partial charge in [0.2, 0.25) is 5.91 Å². The molecule has 2 fully saturated rings. The number of benzene rings is 1. The first-order chi connectivity index (χ1) is 10.7. The molecule has 2 saturated heterocycles. The van der Waals surface area contributed by atoms with Crippen LogP contribution in [-0.2, 0) is 14.3 Å². The fourth-order valence-corrected chi connectivity index (χ4v) is 3.16. The second-order valence-electron chi connectivity index (χ2n) is 6.02. The molecule has 0 saturated carbocycles. The van der Waals surface area contributed by atoms with Gasteiger partial charge >= 0.3 is 0 Å². The Hall–Kier alpha value is -1.43. The summed E-state index contributed by atoms with van der Waals surface area (Å²) in [6.07, 6.45) is 2.59. The standard InChI is InChI=1S/C17H24N2O3/c18-14(13-5-2-1-3-6-13)11-17(20)19-8-10-22-16(12-19)15-7-4-9-21-15/h1-3,5-6,14-16H,4,7-12,18H2/t14-,15-,16+/m1/s1. The van der Waals surface area contributed by atoms with E-state index in [4.69, 9.17) is 15.2 Å². The number of hydrogen-bond acceptors (Lipinski definition) is 4. The van der Waals surface area contributed by atoms with E-state index in [9.17, 15) is 4.79 Å². The number of nitrogens with two attached hydrogens (primary N) is 1. The van der Waals surface area contributed by atoms with Gasteiger partial charge in [0.1, 0.15) is 6.10 Å². The fourth-order valence-electron chi connectivity index (χ4n) is 3.16. The van der Waals surface area contributed by atoms with E-state index >= 15 is 0 Å². The zero-order chi connectivity index (χ0) is 15.4. The third-order valence-electron chi connectivity index (χ3n) is 4.45. The van der Waals surface area contributed by atoms with Crippen molar-refractivity contribution in [3.63, 3.8) is 0 Å². The average molecular weight is 304 g/mol. The van der Waals surface area contributed by atoms with Crippen molar-refractivity contribution in [3.05, 3.63) is 35.9 Å². The average Bonchev–Trinajstić information content (AvgIpc) is 3.10. The van der Waals surface area contributed by atoms with Crippen molar-refractivity contribution in [1.82, 2.24) is 4.90 Å². The highest BCUT2D eigenvalue weighted by atomic mass is 16.5. The molecule has 3 rings (SSSR count). The van der Waals surface area contributed by atoms with Gasteiger partial charge in [0.05, 0.1) is 12.7 Å². The zero-order valence-electron chi connectivity index (χ0n) is 12.8. The van der Waals surface area contributed by atoms with E-state index in [1.54, 1.807) is 0 Å². The van der Waals surface area contributed by atoms with Crippen molar-refractivity contribution in [2.45, 2.75) is 37.5 Å². The molecule has 120 valence electrons. The van der Waals surface area contributed by atoms with Crippen LogP contribution in [0.15, 0.2) is 30.3 Å². The third kappa shape index (κ3) is 3.66. The van der Waals surface area contributed by atoms with Crippen molar-refractivity contribution in [3.8, 4) is 0 Å². The van der Waals surface area contributed by atoms with Crippen LogP contribution >= 0.6 is 0 Å². The predicted octanol–water partition coefficient (Wildman–Crippen LogP) is 1.48. The molecule has 1 aromatic carbocycles. The molecule has 2 aliphatic rings. The minimum absolute atomic E-state index is 0.00755. The summed E-state index contributed by atoms with van der Waals surface area (Å²) in [4.78, 5) is 14.4. The lowest BCUT2D eigenvalue weighted by Crippen LogP contribution is -2.50. The number of hydrogen-bond donors (Lipinski definition) is 1. The number of carbonyl (C=O) groups excluding carboxylic acids is 1. The van der Waals surface area contributed by atoms with Crippen LogP contribution in [0.25, 0.3) is 0 Å². The van der Waals surface area contributed by atoms with Gasteiger partial charge in [0.15, 0.2) is 0 Å². The Morgan fingerprint density at radius 1 is 1.23 bits per heavy atom. The van der Waals surface area contributed by atoms with Gasteiger partial charge in [-0.2, -0.15) is 0 Å². The Kier molecular flexibility index (Phi) is 5.08. The second-order valence-corrected chi connectivity index (χ2v) is 6.02. The molecular weight excluding hydrogens is 280 g/mol. The summed E-state index contributed by atoms with van der Waals surface area (Å²) < 4.78 is 11.5. The van der Waals surface area contributed by atoms with Crippen LogP contribution in [0.4, 0.5) is 0 Å². The highest BCUT2D eigenvalue weighted by Crippen LogP contribution is 2.22. The van der Waals surface area contributed by atoms with E-state index in [-0.39, 0.29) is 24.2 Å². The van der Waals surface area contributed by atoms with Gasteiger partial charge in [-0.25, -0.2) is 0 Å². The molecule has 2 aliphatic heterocycles. The van der Waals surface area contributed by atoms with Gasteiger partial charge in [-0.3, -0.25) is 4.79 Å². The van der Waals surface area contributed by atoms with Crippen LogP contribution in [0.3, 0.4) is 0 Å². The van der Waals surface area contributed by atoms with Crippen LogP contribution in [-0.4, -0.2) is 49.3 Å². The van der Waals surface area contributed by atoms with Crippen molar-refractivity contribution in [2.24, 2.45) is 5.73 Å². The molecule has 3 atom stereocenters. The van der Waals surface area contributed by atoms with Gasteiger partial charge in [-0.05, 0) is 18.4 Å². The largest absolute Gasteiger partial charge is 0.375 e. The number of morpholine rings is 1. The smallest absolute Gasteiger partial charge is 0.224 e. The maximum atomic E-state index is 12.5.